The van der Waals surface area contributed by atoms with Gasteiger partial charge >= 0.3 is 12.1 Å². The molecule has 5 nitrogen and oxygen atoms in total. The molecule has 0 unspecified atom stereocenters. The van der Waals surface area contributed by atoms with Gasteiger partial charge in [-0.25, -0.2) is 4.79 Å². The third-order valence-corrected chi connectivity index (χ3v) is 2.75. The lowest BCUT2D eigenvalue weighted by molar-refractivity contribution is -0.152. The Morgan fingerprint density at radius 3 is 2.23 bits per heavy atom. The van der Waals surface area contributed by atoms with Crippen molar-refractivity contribution in [1.29, 1.82) is 0 Å². The van der Waals surface area contributed by atoms with Gasteiger partial charge in [0.2, 0.25) is 0 Å². The Labute approximate surface area is 133 Å². The third kappa shape index (κ3) is 6.50. The monoisotopic (exact) mass is 358 g/mol. The van der Waals surface area contributed by atoms with Crippen molar-refractivity contribution in [2.45, 2.75) is 12.2 Å². The zero-order chi connectivity index (χ0) is 16.9. The van der Waals surface area contributed by atoms with Gasteiger partial charge in [-0.15, -0.1) is 0 Å². The van der Waals surface area contributed by atoms with Crippen LogP contribution in [0.25, 0.3) is 0 Å². The highest BCUT2D eigenvalue weighted by atomic mass is 35.5. The molecule has 0 saturated heterocycles. The molecule has 1 rings (SSSR count). The molecule has 0 saturated carbocycles. The Bertz CT molecular complexity index is 547. The topological polar surface area (TPSA) is 81.4 Å². The zero-order valence-corrected chi connectivity index (χ0v) is 12.4. The molecule has 3 N–H and O–H groups in total. The van der Waals surface area contributed by atoms with Gasteiger partial charge in [0.25, 0.3) is 5.91 Å². The van der Waals surface area contributed by atoms with Crippen LogP contribution in [0.4, 0.5) is 13.2 Å². The lowest BCUT2D eigenvalue weighted by Crippen LogP contribution is -2.37. The minimum Gasteiger partial charge on any atom is -0.454 e. The molecule has 0 aromatic heterocycles. The predicted octanol–water partition coefficient (Wildman–Crippen LogP) is 2.21. The quantitative estimate of drug-likeness (QED) is 0.764. The Hall–Kier alpha value is -1.51. The number of hydrogen-bond acceptors (Lipinski definition) is 4. The van der Waals surface area contributed by atoms with Gasteiger partial charge < -0.3 is 10.5 Å². The molecule has 1 atom stereocenters. The zero-order valence-electron chi connectivity index (χ0n) is 10.9. The van der Waals surface area contributed by atoms with Crippen molar-refractivity contribution in [2.75, 3.05) is 13.2 Å². The molecule has 22 heavy (non-hydrogen) atoms. The van der Waals surface area contributed by atoms with Gasteiger partial charge in [0.1, 0.15) is 6.04 Å². The number of nitrogens with two attached hydrogens (primary N) is 1. The fourth-order valence-electron chi connectivity index (χ4n) is 1.52. The standard InChI is InChI=1S/C12H11Cl2F3N2O3/c13-7-1-6(2-8(14)3-7)10(19-5-12(15,16)17)11(21)22-4-9(18)20/h1-3,10,19H,4-5H2,(H2,18,20)/t10-/m1/s1. The number of hydrogen-bond donors (Lipinski definition) is 2. The minimum absolute atomic E-state index is 0.0659. The van der Waals surface area contributed by atoms with Gasteiger partial charge in [0, 0.05) is 10.0 Å². The number of halogens is 5. The number of amides is 1. The number of carbonyl (C=O) groups is 2. The molecule has 1 amide bonds. The highest BCUT2D eigenvalue weighted by Crippen LogP contribution is 2.25. The van der Waals surface area contributed by atoms with E-state index in [1.807, 2.05) is 5.32 Å². The molecule has 1 aromatic rings. The molecule has 10 heteroatoms. The molecular weight excluding hydrogens is 348 g/mol. The van der Waals surface area contributed by atoms with Gasteiger partial charge in [0.15, 0.2) is 6.61 Å². The summed E-state index contributed by atoms with van der Waals surface area (Å²) in [5, 5.41) is 2.24. The summed E-state index contributed by atoms with van der Waals surface area (Å²) in [5.41, 5.74) is 4.88. The van der Waals surface area contributed by atoms with E-state index in [1.165, 1.54) is 18.2 Å². The third-order valence-electron chi connectivity index (χ3n) is 2.32. The predicted molar refractivity (Wildman–Crippen MR) is 73.4 cm³/mol. The van der Waals surface area contributed by atoms with E-state index >= 15 is 0 Å². The number of rotatable bonds is 6. The van der Waals surface area contributed by atoms with Crippen molar-refractivity contribution in [2.24, 2.45) is 5.73 Å². The number of primary amides is 1. The average molecular weight is 359 g/mol. The van der Waals surface area contributed by atoms with E-state index in [1.54, 1.807) is 0 Å². The Kier molecular flexibility index (Phi) is 6.46. The smallest absolute Gasteiger partial charge is 0.401 e. The molecule has 0 aliphatic rings. The summed E-state index contributed by atoms with van der Waals surface area (Å²) < 4.78 is 41.5. The number of ether oxygens (including phenoxy) is 1. The molecule has 0 radical (unpaired) electrons. The van der Waals surface area contributed by atoms with Crippen LogP contribution in [-0.4, -0.2) is 31.2 Å². The van der Waals surface area contributed by atoms with E-state index in [4.69, 9.17) is 28.9 Å². The summed E-state index contributed by atoms with van der Waals surface area (Å²) in [6.07, 6.45) is -4.55. The van der Waals surface area contributed by atoms with Crippen LogP contribution in [0.15, 0.2) is 18.2 Å². The number of benzene rings is 1. The van der Waals surface area contributed by atoms with E-state index in [0.717, 1.165) is 0 Å². The normalized spacial score (nSPS) is 12.8. The number of esters is 1. The highest BCUT2D eigenvalue weighted by Gasteiger charge is 2.31. The molecule has 0 heterocycles. The second-order valence-electron chi connectivity index (χ2n) is 4.21. The SMILES string of the molecule is NC(=O)COC(=O)[C@H](NCC(F)(F)F)c1cc(Cl)cc(Cl)c1. The first-order valence-corrected chi connectivity index (χ1v) is 6.55. The van der Waals surface area contributed by atoms with E-state index in [2.05, 4.69) is 4.74 Å². The van der Waals surface area contributed by atoms with E-state index in [0.29, 0.717) is 0 Å². The molecule has 122 valence electrons. The first-order chi connectivity index (χ1) is 10.1. The maximum Gasteiger partial charge on any atom is 0.401 e. The first-order valence-electron chi connectivity index (χ1n) is 5.79. The van der Waals surface area contributed by atoms with Crippen LogP contribution in [0.1, 0.15) is 11.6 Å². The number of alkyl halides is 3. The summed E-state index contributed by atoms with van der Waals surface area (Å²) in [4.78, 5) is 22.4. The molecule has 0 aliphatic heterocycles. The van der Waals surface area contributed by atoms with Crippen LogP contribution in [0.5, 0.6) is 0 Å². The summed E-state index contributed by atoms with van der Waals surface area (Å²) >= 11 is 11.5. The van der Waals surface area contributed by atoms with Gasteiger partial charge in [0.05, 0.1) is 6.54 Å². The summed E-state index contributed by atoms with van der Waals surface area (Å²) in [6.45, 7) is -2.20. The Morgan fingerprint density at radius 2 is 1.77 bits per heavy atom. The van der Waals surface area contributed by atoms with Crippen molar-refractivity contribution in [3.05, 3.63) is 33.8 Å². The van der Waals surface area contributed by atoms with Crippen LogP contribution in [0, 0.1) is 0 Å². The van der Waals surface area contributed by atoms with Crippen LogP contribution >= 0.6 is 23.2 Å². The van der Waals surface area contributed by atoms with Crippen molar-refractivity contribution < 1.29 is 27.5 Å². The fraction of sp³-hybridized carbons (Fsp3) is 0.333. The molecule has 0 aliphatic carbocycles. The van der Waals surface area contributed by atoms with Crippen LogP contribution < -0.4 is 11.1 Å². The molecule has 0 fully saturated rings. The average Bonchev–Trinajstić information content (AvgIpc) is 2.34. The van der Waals surface area contributed by atoms with Gasteiger partial charge in [-0.1, -0.05) is 23.2 Å². The first kappa shape index (κ1) is 18.5. The van der Waals surface area contributed by atoms with E-state index < -0.39 is 37.2 Å². The molecule has 1 aromatic carbocycles. The maximum absolute atomic E-state index is 12.3. The van der Waals surface area contributed by atoms with Crippen molar-refractivity contribution in [3.8, 4) is 0 Å². The Morgan fingerprint density at radius 1 is 1.23 bits per heavy atom. The molecular formula is C12H11Cl2F3N2O3. The van der Waals surface area contributed by atoms with Crippen LogP contribution in [0.3, 0.4) is 0 Å². The largest absolute Gasteiger partial charge is 0.454 e. The van der Waals surface area contributed by atoms with Crippen molar-refractivity contribution >= 4 is 35.1 Å². The van der Waals surface area contributed by atoms with Gasteiger partial charge in [-0.2, -0.15) is 13.2 Å². The summed E-state index contributed by atoms with van der Waals surface area (Å²) in [6, 6.07) is 2.36. The van der Waals surface area contributed by atoms with Gasteiger partial charge in [-0.05, 0) is 23.8 Å². The maximum atomic E-state index is 12.3. The van der Waals surface area contributed by atoms with Crippen molar-refractivity contribution in [1.82, 2.24) is 5.32 Å². The highest BCUT2D eigenvalue weighted by molar-refractivity contribution is 6.34. The Balaban J connectivity index is 2.99. The molecule has 0 bridgehead atoms. The van der Waals surface area contributed by atoms with Gasteiger partial charge in [-0.3, -0.25) is 10.1 Å². The summed E-state index contributed by atoms with van der Waals surface area (Å²) in [7, 11) is 0. The number of carbonyl (C=O) groups excluding carboxylic acids is 2. The molecule has 0 spiro atoms. The summed E-state index contributed by atoms with van der Waals surface area (Å²) in [5.74, 6) is -2.05. The van der Waals surface area contributed by atoms with Crippen LogP contribution in [0.2, 0.25) is 10.0 Å². The fourth-order valence-corrected chi connectivity index (χ4v) is 2.07. The lowest BCUT2D eigenvalue weighted by atomic mass is 10.1. The van der Waals surface area contributed by atoms with Crippen LogP contribution in [-0.2, 0) is 14.3 Å². The van der Waals surface area contributed by atoms with E-state index in [9.17, 15) is 22.8 Å². The van der Waals surface area contributed by atoms with E-state index in [-0.39, 0.29) is 15.6 Å². The lowest BCUT2D eigenvalue weighted by Gasteiger charge is -2.19. The second kappa shape index (κ2) is 7.66. The second-order valence-corrected chi connectivity index (χ2v) is 5.08. The number of nitrogens with one attached hydrogen (secondary N) is 1. The van der Waals surface area contributed by atoms with Crippen molar-refractivity contribution in [3.63, 3.8) is 0 Å². The minimum atomic E-state index is -4.55.